The van der Waals surface area contributed by atoms with E-state index in [4.69, 9.17) is 21.1 Å². The number of amides is 1. The minimum absolute atomic E-state index is 0.0651. The lowest BCUT2D eigenvalue weighted by atomic mass is 9.82. The molecule has 1 atom stereocenters. The Kier molecular flexibility index (Phi) is 3.96. The van der Waals surface area contributed by atoms with Gasteiger partial charge in [0.25, 0.3) is 5.91 Å². The van der Waals surface area contributed by atoms with Gasteiger partial charge in [-0.2, -0.15) is 0 Å². The molecule has 0 bridgehead atoms. The molecule has 0 aliphatic carbocycles. The van der Waals surface area contributed by atoms with Crippen molar-refractivity contribution in [1.29, 1.82) is 0 Å². The number of nitrogens with one attached hydrogen (secondary N) is 1. The van der Waals surface area contributed by atoms with Gasteiger partial charge in [0.1, 0.15) is 5.15 Å². The first kappa shape index (κ1) is 14.1. The molecule has 104 valence electrons. The number of hydrogen-bond acceptors (Lipinski definition) is 4. The number of carbonyl (C=O) groups excluding carboxylic acids is 1. The third-order valence-electron chi connectivity index (χ3n) is 3.29. The lowest BCUT2D eigenvalue weighted by Crippen LogP contribution is -2.55. The molecule has 6 heteroatoms. The van der Waals surface area contributed by atoms with Crippen LogP contribution in [-0.2, 0) is 15.1 Å². The third-order valence-corrected chi connectivity index (χ3v) is 3.50. The summed E-state index contributed by atoms with van der Waals surface area (Å²) in [5, 5.41) is 3.15. The zero-order chi connectivity index (χ0) is 14.0. The molecule has 1 N–H and O–H groups in total. The van der Waals surface area contributed by atoms with E-state index in [-0.39, 0.29) is 11.8 Å². The quantitative estimate of drug-likeness (QED) is 0.859. The van der Waals surface area contributed by atoms with E-state index < -0.39 is 5.60 Å². The first-order valence-corrected chi connectivity index (χ1v) is 6.53. The first-order chi connectivity index (χ1) is 9.02. The van der Waals surface area contributed by atoms with Crippen LogP contribution in [-0.4, -0.2) is 31.2 Å². The predicted octanol–water partition coefficient (Wildman–Crippen LogP) is 1.74. The number of hydrogen-bond donors (Lipinski definition) is 1. The fraction of sp³-hybridized carbons (Fsp3) is 0.538. The fourth-order valence-electron chi connectivity index (χ4n) is 2.37. The number of halogens is 1. The molecule has 19 heavy (non-hydrogen) atoms. The van der Waals surface area contributed by atoms with Crippen LogP contribution in [0.15, 0.2) is 12.1 Å². The molecule has 0 radical (unpaired) electrons. The number of carbonyl (C=O) groups is 1. The summed E-state index contributed by atoms with van der Waals surface area (Å²) in [4.78, 5) is 16.5. The van der Waals surface area contributed by atoms with E-state index in [1.165, 1.54) is 7.11 Å². The van der Waals surface area contributed by atoms with Crippen LogP contribution < -0.4 is 10.1 Å². The Bertz CT molecular complexity index is 493. The smallest absolute Gasteiger partial charge is 0.257 e. The number of methoxy groups -OCH3 is 1. The number of nitrogens with zero attached hydrogens (tertiary/aromatic N) is 1. The second-order valence-electron chi connectivity index (χ2n) is 4.69. The molecular weight excluding hydrogens is 268 g/mol. The summed E-state index contributed by atoms with van der Waals surface area (Å²) >= 11 is 5.86. The highest BCUT2D eigenvalue weighted by Crippen LogP contribution is 2.40. The largest absolute Gasteiger partial charge is 0.481 e. The second-order valence-corrected chi connectivity index (χ2v) is 5.07. The summed E-state index contributed by atoms with van der Waals surface area (Å²) in [5.74, 6) is 0.0825. The van der Waals surface area contributed by atoms with E-state index in [1.807, 2.05) is 13.8 Å². The zero-order valence-corrected chi connectivity index (χ0v) is 12.0. The topological polar surface area (TPSA) is 60.5 Å². The van der Waals surface area contributed by atoms with Gasteiger partial charge in [-0.05, 0) is 18.1 Å². The van der Waals surface area contributed by atoms with Gasteiger partial charge in [0, 0.05) is 6.54 Å². The van der Waals surface area contributed by atoms with Gasteiger partial charge in [-0.1, -0.05) is 25.4 Å². The molecule has 0 aromatic carbocycles. The number of ether oxygens (including phenoxy) is 2. The van der Waals surface area contributed by atoms with Crippen molar-refractivity contribution in [2.24, 2.45) is 5.92 Å². The van der Waals surface area contributed by atoms with Crippen LogP contribution in [0.25, 0.3) is 0 Å². The Morgan fingerprint density at radius 1 is 1.53 bits per heavy atom. The maximum Gasteiger partial charge on any atom is 0.257 e. The van der Waals surface area contributed by atoms with Crippen molar-refractivity contribution in [3.05, 3.63) is 22.8 Å². The molecular formula is C13H17ClN2O3. The zero-order valence-electron chi connectivity index (χ0n) is 11.2. The van der Waals surface area contributed by atoms with Gasteiger partial charge < -0.3 is 14.8 Å². The van der Waals surface area contributed by atoms with Crippen LogP contribution >= 0.6 is 11.6 Å². The van der Waals surface area contributed by atoms with E-state index in [0.29, 0.717) is 29.7 Å². The van der Waals surface area contributed by atoms with Crippen molar-refractivity contribution in [2.45, 2.75) is 19.4 Å². The molecule has 0 saturated carbocycles. The van der Waals surface area contributed by atoms with E-state index in [9.17, 15) is 4.79 Å². The van der Waals surface area contributed by atoms with Crippen molar-refractivity contribution in [2.75, 3.05) is 20.3 Å². The second kappa shape index (κ2) is 5.35. The summed E-state index contributed by atoms with van der Waals surface area (Å²) in [6.07, 6.45) is 0. The molecule has 0 spiro atoms. The molecule has 5 nitrogen and oxygen atoms in total. The van der Waals surface area contributed by atoms with Crippen LogP contribution in [0, 0.1) is 5.92 Å². The van der Waals surface area contributed by atoms with Crippen molar-refractivity contribution in [3.63, 3.8) is 0 Å². The third kappa shape index (κ3) is 2.28. The first-order valence-electron chi connectivity index (χ1n) is 6.15. The molecule has 2 rings (SSSR count). The molecule has 2 heterocycles. The average Bonchev–Trinajstić information content (AvgIpc) is 2.39. The predicted molar refractivity (Wildman–Crippen MR) is 71.3 cm³/mol. The number of aromatic nitrogens is 1. The lowest BCUT2D eigenvalue weighted by Gasteiger charge is -2.39. The maximum absolute atomic E-state index is 12.4. The van der Waals surface area contributed by atoms with Gasteiger partial charge in [-0.3, -0.25) is 4.79 Å². The van der Waals surface area contributed by atoms with E-state index in [1.54, 1.807) is 12.1 Å². The standard InChI is InChI=1S/C13H17ClN2O3/c1-8(2)13(12(17)15-6-7-19-13)9-4-5-10(14)16-11(9)18-3/h4-5,8H,6-7H2,1-3H3,(H,15,17). The van der Waals surface area contributed by atoms with Crippen LogP contribution in [0.2, 0.25) is 5.15 Å². The number of rotatable bonds is 3. The summed E-state index contributed by atoms with van der Waals surface area (Å²) < 4.78 is 11.1. The molecule has 1 saturated heterocycles. The SMILES string of the molecule is COc1nc(Cl)ccc1C1(C(C)C)OCCNC1=O. The Morgan fingerprint density at radius 2 is 2.26 bits per heavy atom. The van der Waals surface area contributed by atoms with Gasteiger partial charge in [0.2, 0.25) is 5.88 Å². The van der Waals surface area contributed by atoms with Gasteiger partial charge in [0.05, 0.1) is 19.3 Å². The van der Waals surface area contributed by atoms with E-state index >= 15 is 0 Å². The highest BCUT2D eigenvalue weighted by Gasteiger charge is 2.48. The van der Waals surface area contributed by atoms with Gasteiger partial charge in [-0.25, -0.2) is 4.98 Å². The molecule has 1 unspecified atom stereocenters. The van der Waals surface area contributed by atoms with Gasteiger partial charge in [-0.15, -0.1) is 0 Å². The fourth-order valence-corrected chi connectivity index (χ4v) is 2.51. The minimum atomic E-state index is -1.08. The molecule has 1 fully saturated rings. The summed E-state index contributed by atoms with van der Waals surface area (Å²) in [6, 6.07) is 3.37. The van der Waals surface area contributed by atoms with Crippen molar-refractivity contribution < 1.29 is 14.3 Å². The van der Waals surface area contributed by atoms with Crippen LogP contribution in [0.1, 0.15) is 19.4 Å². The Balaban J connectivity index is 2.59. The summed E-state index contributed by atoms with van der Waals surface area (Å²) in [6.45, 7) is 4.82. The Hall–Kier alpha value is -1.33. The molecule has 1 amide bonds. The molecule has 1 aromatic heterocycles. The summed E-state index contributed by atoms with van der Waals surface area (Å²) in [7, 11) is 1.50. The van der Waals surface area contributed by atoms with Crippen LogP contribution in [0.3, 0.4) is 0 Å². The highest BCUT2D eigenvalue weighted by atomic mass is 35.5. The van der Waals surface area contributed by atoms with Gasteiger partial charge in [0.15, 0.2) is 5.60 Å². The maximum atomic E-state index is 12.4. The van der Waals surface area contributed by atoms with Crippen molar-refractivity contribution in [3.8, 4) is 5.88 Å². The Morgan fingerprint density at radius 3 is 2.84 bits per heavy atom. The van der Waals surface area contributed by atoms with Crippen molar-refractivity contribution in [1.82, 2.24) is 10.3 Å². The van der Waals surface area contributed by atoms with E-state index in [0.717, 1.165) is 0 Å². The molecule has 1 aromatic rings. The van der Waals surface area contributed by atoms with Gasteiger partial charge >= 0.3 is 0 Å². The average molecular weight is 285 g/mol. The monoisotopic (exact) mass is 284 g/mol. The molecule has 1 aliphatic heterocycles. The van der Waals surface area contributed by atoms with Crippen LogP contribution in [0.5, 0.6) is 5.88 Å². The minimum Gasteiger partial charge on any atom is -0.481 e. The van der Waals surface area contributed by atoms with Crippen molar-refractivity contribution >= 4 is 17.5 Å². The van der Waals surface area contributed by atoms with Crippen LogP contribution in [0.4, 0.5) is 0 Å². The number of morpholine rings is 1. The lowest BCUT2D eigenvalue weighted by molar-refractivity contribution is -0.165. The Labute approximate surface area is 117 Å². The molecule has 1 aliphatic rings. The van der Waals surface area contributed by atoms with E-state index in [2.05, 4.69) is 10.3 Å². The summed E-state index contributed by atoms with van der Waals surface area (Å²) in [5.41, 5.74) is -0.479. The number of pyridine rings is 1. The normalized spacial score (nSPS) is 23.3. The highest BCUT2D eigenvalue weighted by molar-refractivity contribution is 6.29.